The minimum Gasteiger partial charge on any atom is -0.328 e. The van der Waals surface area contributed by atoms with Crippen LogP contribution in [-0.4, -0.2) is 13.1 Å². The van der Waals surface area contributed by atoms with Gasteiger partial charge in [-0.2, -0.15) is 0 Å². The Morgan fingerprint density at radius 3 is 2.69 bits per heavy atom. The first-order valence-electron chi connectivity index (χ1n) is 5.80. The molecule has 0 aromatic heterocycles. The highest BCUT2D eigenvalue weighted by Crippen LogP contribution is 2.38. The smallest absolute Gasteiger partial charge is 0.0350 e. The molecule has 0 spiro atoms. The van der Waals surface area contributed by atoms with Crippen LogP contribution < -0.4 is 11.1 Å². The summed E-state index contributed by atoms with van der Waals surface area (Å²) in [7, 11) is 2.04. The highest BCUT2D eigenvalue weighted by Gasteiger charge is 2.33. The maximum Gasteiger partial charge on any atom is 0.0350 e. The summed E-state index contributed by atoms with van der Waals surface area (Å²) in [5.41, 5.74) is 8.62. The summed E-state index contributed by atoms with van der Waals surface area (Å²) < 4.78 is 1.15. The van der Waals surface area contributed by atoms with Crippen LogP contribution in [0.2, 0.25) is 0 Å². The van der Waals surface area contributed by atoms with Crippen LogP contribution in [-0.2, 0) is 0 Å². The average Bonchev–Trinajstić information content (AvgIpc) is 2.21. The third-order valence-electron chi connectivity index (χ3n) is 3.57. The van der Waals surface area contributed by atoms with Crippen LogP contribution in [0.5, 0.6) is 0 Å². The van der Waals surface area contributed by atoms with E-state index in [4.69, 9.17) is 5.73 Å². The Kier molecular flexibility index (Phi) is 3.67. The van der Waals surface area contributed by atoms with E-state index in [1.807, 2.05) is 7.05 Å². The Morgan fingerprint density at radius 2 is 2.12 bits per heavy atom. The lowest BCUT2D eigenvalue weighted by Crippen LogP contribution is -2.42. The largest absolute Gasteiger partial charge is 0.328 e. The van der Waals surface area contributed by atoms with Crippen molar-refractivity contribution in [1.29, 1.82) is 0 Å². The van der Waals surface area contributed by atoms with Gasteiger partial charge in [0.1, 0.15) is 0 Å². The number of nitrogens with one attached hydrogen (secondary N) is 1. The molecule has 3 heteroatoms. The average molecular weight is 283 g/mol. The molecule has 1 unspecified atom stereocenters. The molecule has 1 aliphatic carbocycles. The number of aryl methyl sites for hydroxylation is 1. The maximum absolute atomic E-state index is 5.87. The van der Waals surface area contributed by atoms with Gasteiger partial charge < -0.3 is 11.1 Å². The van der Waals surface area contributed by atoms with E-state index in [2.05, 4.69) is 46.4 Å². The minimum absolute atomic E-state index is 0.410. The van der Waals surface area contributed by atoms with Gasteiger partial charge in [0.2, 0.25) is 0 Å². The predicted molar refractivity (Wildman–Crippen MR) is 71.4 cm³/mol. The molecule has 1 saturated carbocycles. The number of benzene rings is 1. The van der Waals surface area contributed by atoms with Crippen molar-refractivity contribution in [1.82, 2.24) is 5.32 Å². The van der Waals surface area contributed by atoms with E-state index in [0.717, 1.165) is 17.3 Å². The van der Waals surface area contributed by atoms with Gasteiger partial charge in [0.05, 0.1) is 0 Å². The van der Waals surface area contributed by atoms with Crippen molar-refractivity contribution in [2.24, 2.45) is 11.7 Å². The Hall–Kier alpha value is -0.380. The van der Waals surface area contributed by atoms with Crippen molar-refractivity contribution in [2.75, 3.05) is 7.05 Å². The summed E-state index contributed by atoms with van der Waals surface area (Å²) in [6, 6.07) is 7.34. The second-order valence-corrected chi connectivity index (χ2v) is 5.67. The molecule has 2 rings (SSSR count). The van der Waals surface area contributed by atoms with Gasteiger partial charge in [-0.05, 0) is 56.0 Å². The minimum atomic E-state index is 0.410. The fraction of sp³-hybridized carbons (Fsp3) is 0.538. The van der Waals surface area contributed by atoms with E-state index in [1.54, 1.807) is 0 Å². The SMILES string of the molecule is CNC(c1cc(Br)ccc1C)C1CC(N)C1. The van der Waals surface area contributed by atoms with Crippen LogP contribution in [0.15, 0.2) is 22.7 Å². The molecule has 1 atom stereocenters. The summed E-state index contributed by atoms with van der Waals surface area (Å²) in [4.78, 5) is 0. The zero-order valence-corrected chi connectivity index (χ0v) is 11.4. The molecule has 1 aliphatic rings. The van der Waals surface area contributed by atoms with Crippen LogP contribution in [0.25, 0.3) is 0 Å². The lowest BCUT2D eigenvalue weighted by molar-refractivity contribution is 0.203. The Labute approximate surface area is 106 Å². The van der Waals surface area contributed by atoms with E-state index in [-0.39, 0.29) is 0 Å². The highest BCUT2D eigenvalue weighted by molar-refractivity contribution is 9.10. The second-order valence-electron chi connectivity index (χ2n) is 4.76. The van der Waals surface area contributed by atoms with Crippen LogP contribution in [0.3, 0.4) is 0 Å². The highest BCUT2D eigenvalue weighted by atomic mass is 79.9. The molecule has 88 valence electrons. The third-order valence-corrected chi connectivity index (χ3v) is 4.06. The number of hydrogen-bond acceptors (Lipinski definition) is 2. The summed E-state index contributed by atoms with van der Waals surface area (Å²) in [6.45, 7) is 2.17. The van der Waals surface area contributed by atoms with Crippen molar-refractivity contribution >= 4 is 15.9 Å². The van der Waals surface area contributed by atoms with E-state index in [1.165, 1.54) is 11.1 Å². The van der Waals surface area contributed by atoms with Gasteiger partial charge in [-0.25, -0.2) is 0 Å². The van der Waals surface area contributed by atoms with Gasteiger partial charge >= 0.3 is 0 Å². The molecule has 3 N–H and O–H groups in total. The molecule has 0 heterocycles. The van der Waals surface area contributed by atoms with E-state index < -0.39 is 0 Å². The van der Waals surface area contributed by atoms with Crippen LogP contribution >= 0.6 is 15.9 Å². The standard InChI is InChI=1S/C13H19BrN2/c1-8-3-4-10(14)7-12(8)13(16-2)9-5-11(15)6-9/h3-4,7,9,11,13,16H,5-6,15H2,1-2H3. The lowest BCUT2D eigenvalue weighted by atomic mass is 9.73. The fourth-order valence-electron chi connectivity index (χ4n) is 2.57. The number of halogens is 1. The zero-order chi connectivity index (χ0) is 11.7. The molecule has 16 heavy (non-hydrogen) atoms. The van der Waals surface area contributed by atoms with Crippen LogP contribution in [0, 0.1) is 12.8 Å². The predicted octanol–water partition coefficient (Wildman–Crippen LogP) is 2.76. The molecule has 0 bridgehead atoms. The first-order valence-corrected chi connectivity index (χ1v) is 6.60. The maximum atomic E-state index is 5.87. The number of nitrogens with two attached hydrogens (primary N) is 1. The van der Waals surface area contributed by atoms with Crippen LogP contribution in [0.1, 0.15) is 30.0 Å². The van der Waals surface area contributed by atoms with Gasteiger partial charge in [0.15, 0.2) is 0 Å². The van der Waals surface area contributed by atoms with Crippen molar-refractivity contribution in [2.45, 2.75) is 31.8 Å². The van der Waals surface area contributed by atoms with Crippen molar-refractivity contribution < 1.29 is 0 Å². The Morgan fingerprint density at radius 1 is 1.44 bits per heavy atom. The van der Waals surface area contributed by atoms with Crippen molar-refractivity contribution in [3.05, 3.63) is 33.8 Å². The molecule has 1 fully saturated rings. The molecule has 1 aromatic carbocycles. The van der Waals surface area contributed by atoms with Gasteiger partial charge in [-0.1, -0.05) is 22.0 Å². The van der Waals surface area contributed by atoms with E-state index in [0.29, 0.717) is 18.0 Å². The second kappa shape index (κ2) is 4.86. The molecule has 2 nitrogen and oxygen atoms in total. The molecular formula is C13H19BrN2. The number of rotatable bonds is 3. The summed E-state index contributed by atoms with van der Waals surface area (Å²) >= 11 is 3.54. The quantitative estimate of drug-likeness (QED) is 0.895. The van der Waals surface area contributed by atoms with E-state index in [9.17, 15) is 0 Å². The third kappa shape index (κ3) is 2.31. The molecule has 0 saturated heterocycles. The zero-order valence-electron chi connectivity index (χ0n) is 9.83. The molecule has 1 aromatic rings. The van der Waals surface area contributed by atoms with Gasteiger partial charge in [0, 0.05) is 16.6 Å². The Balaban J connectivity index is 2.22. The molecular weight excluding hydrogens is 264 g/mol. The van der Waals surface area contributed by atoms with Crippen molar-refractivity contribution in [3.8, 4) is 0 Å². The number of hydrogen-bond donors (Lipinski definition) is 2. The van der Waals surface area contributed by atoms with Crippen LogP contribution in [0.4, 0.5) is 0 Å². The lowest BCUT2D eigenvalue weighted by Gasteiger charge is -2.39. The summed E-state index contributed by atoms with van der Waals surface area (Å²) in [5, 5.41) is 3.43. The summed E-state index contributed by atoms with van der Waals surface area (Å²) in [6.07, 6.45) is 2.27. The topological polar surface area (TPSA) is 38.0 Å². The van der Waals surface area contributed by atoms with Gasteiger partial charge in [0.25, 0.3) is 0 Å². The summed E-state index contributed by atoms with van der Waals surface area (Å²) in [5.74, 6) is 0.688. The fourth-order valence-corrected chi connectivity index (χ4v) is 2.95. The molecule has 0 aliphatic heterocycles. The van der Waals surface area contributed by atoms with Gasteiger partial charge in [-0.15, -0.1) is 0 Å². The first kappa shape index (κ1) is 12.1. The van der Waals surface area contributed by atoms with Crippen molar-refractivity contribution in [3.63, 3.8) is 0 Å². The van der Waals surface area contributed by atoms with E-state index >= 15 is 0 Å². The Bertz CT molecular complexity index is 372. The normalized spacial score (nSPS) is 26.2. The van der Waals surface area contributed by atoms with Gasteiger partial charge in [-0.3, -0.25) is 0 Å². The molecule has 0 amide bonds. The first-order chi connectivity index (χ1) is 7.61. The monoisotopic (exact) mass is 282 g/mol. The molecule has 0 radical (unpaired) electrons.